The average molecular weight is 686 g/mol. The number of hydrogen-bond acceptors (Lipinski definition) is 2. The lowest BCUT2D eigenvalue weighted by Crippen LogP contribution is -2.14. The molecular weight excluding hydrogens is 631 g/mol. The molecule has 52 heavy (non-hydrogen) atoms. The van der Waals surface area contributed by atoms with Crippen molar-refractivity contribution in [2.45, 2.75) is 60.8 Å². The van der Waals surface area contributed by atoms with Crippen molar-refractivity contribution in [1.29, 1.82) is 0 Å². The SMILES string of the molecule is C/C=C\C(=C/C)c1ccc(N)cc1.C=C/C=C(C)\C=C/C.CC.CC1(C)c2ccccc2-c2cc3c(cc21)c1ccccc1n3-c1cccc(N)c1. The lowest BCUT2D eigenvalue weighted by molar-refractivity contribution is 0.661. The maximum Gasteiger partial charge on any atom is 0.0547 e. The molecule has 4 N–H and O–H groups in total. The number of anilines is 2. The van der Waals surface area contributed by atoms with Gasteiger partial charge in [0.05, 0.1) is 11.0 Å². The molecule has 1 aromatic heterocycles. The number of aromatic nitrogens is 1. The largest absolute Gasteiger partial charge is 0.399 e. The van der Waals surface area contributed by atoms with Gasteiger partial charge in [0.15, 0.2) is 0 Å². The minimum atomic E-state index is 0.000491. The van der Waals surface area contributed by atoms with Crippen LogP contribution >= 0.6 is 0 Å². The average Bonchev–Trinajstić information content (AvgIpc) is 3.60. The van der Waals surface area contributed by atoms with Crippen LogP contribution in [0.2, 0.25) is 0 Å². The zero-order chi connectivity index (χ0) is 37.8. The highest BCUT2D eigenvalue weighted by atomic mass is 15.0. The zero-order valence-electron chi connectivity index (χ0n) is 32.2. The summed E-state index contributed by atoms with van der Waals surface area (Å²) in [7, 11) is 0. The van der Waals surface area contributed by atoms with E-state index < -0.39 is 0 Å². The molecule has 0 fully saturated rings. The second-order valence-corrected chi connectivity index (χ2v) is 13.0. The number of rotatable bonds is 5. The second kappa shape index (κ2) is 17.9. The van der Waals surface area contributed by atoms with Gasteiger partial charge in [-0.25, -0.2) is 0 Å². The maximum atomic E-state index is 6.13. The van der Waals surface area contributed by atoms with Gasteiger partial charge in [-0.3, -0.25) is 0 Å². The van der Waals surface area contributed by atoms with Gasteiger partial charge < -0.3 is 16.0 Å². The zero-order valence-corrected chi connectivity index (χ0v) is 32.2. The molecule has 0 bridgehead atoms. The standard InChI is InChI=1S/C27H22N2.C12H15N.C8H12.C2H6/c1-27(2)23-12-5-3-10-19(23)21-16-26-22(15-24(21)27)20-11-4-6-13-25(20)29(26)18-9-7-8-17(28)14-18;1-3-5-10(4-2)11-6-8-12(13)9-7-11;1-4-6-8(3)7-5-2;1-2/h3-16H,28H2,1-2H3;3-9H,13H2,1-2H3;4-7H,1H2,2-3H3;1-2H3/b;5-3-,10-4+;7-5-,8-6-;. The maximum absolute atomic E-state index is 6.13. The summed E-state index contributed by atoms with van der Waals surface area (Å²) in [6.07, 6.45) is 14.0. The molecule has 0 unspecified atom stereocenters. The Labute approximate surface area is 312 Å². The number of hydrogen-bond donors (Lipinski definition) is 2. The van der Waals surface area contributed by atoms with Crippen molar-refractivity contribution in [3.05, 3.63) is 181 Å². The molecular formula is C49H55N3. The molecule has 1 heterocycles. The first kappa shape index (κ1) is 39.0. The summed E-state index contributed by atoms with van der Waals surface area (Å²) >= 11 is 0. The van der Waals surface area contributed by atoms with Crippen LogP contribution < -0.4 is 11.5 Å². The first-order chi connectivity index (χ1) is 25.1. The molecule has 0 atom stereocenters. The predicted molar refractivity (Wildman–Crippen MR) is 232 cm³/mol. The number of allylic oxidation sites excluding steroid dienone is 9. The molecule has 1 aliphatic carbocycles. The van der Waals surface area contributed by atoms with Crippen LogP contribution in [0.3, 0.4) is 0 Å². The van der Waals surface area contributed by atoms with Crippen LogP contribution in [0.4, 0.5) is 11.4 Å². The first-order valence-corrected chi connectivity index (χ1v) is 18.2. The fourth-order valence-electron chi connectivity index (χ4n) is 6.82. The number of nitrogens with zero attached hydrogens (tertiary/aromatic N) is 1. The monoisotopic (exact) mass is 685 g/mol. The predicted octanol–water partition coefficient (Wildman–Crippen LogP) is 13.6. The van der Waals surface area contributed by atoms with E-state index in [1.807, 2.05) is 102 Å². The van der Waals surface area contributed by atoms with Crippen molar-refractivity contribution in [1.82, 2.24) is 4.57 Å². The van der Waals surface area contributed by atoms with E-state index in [4.69, 9.17) is 11.5 Å². The molecule has 6 aromatic rings. The Morgan fingerprint density at radius 3 is 1.98 bits per heavy atom. The van der Waals surface area contributed by atoms with Crippen LogP contribution in [0.25, 0.3) is 44.2 Å². The highest BCUT2D eigenvalue weighted by Crippen LogP contribution is 2.50. The molecule has 266 valence electrons. The normalized spacial score (nSPS) is 13.1. The van der Waals surface area contributed by atoms with Gasteiger partial charge >= 0.3 is 0 Å². The molecule has 0 saturated heterocycles. The summed E-state index contributed by atoms with van der Waals surface area (Å²) in [4.78, 5) is 0. The van der Waals surface area contributed by atoms with E-state index >= 15 is 0 Å². The number of nitrogens with two attached hydrogens (primary N) is 2. The van der Waals surface area contributed by atoms with Crippen LogP contribution in [0.5, 0.6) is 0 Å². The number of fused-ring (bicyclic) bond motifs is 6. The Morgan fingerprint density at radius 2 is 1.33 bits per heavy atom. The van der Waals surface area contributed by atoms with Gasteiger partial charge in [0, 0.05) is 33.2 Å². The van der Waals surface area contributed by atoms with Gasteiger partial charge in [-0.1, -0.05) is 143 Å². The van der Waals surface area contributed by atoms with Crippen molar-refractivity contribution in [3.63, 3.8) is 0 Å². The quantitative estimate of drug-likeness (QED) is 0.140. The van der Waals surface area contributed by atoms with Crippen LogP contribution in [0.15, 0.2) is 164 Å². The fraction of sp³-hybridized carbons (Fsp3) is 0.184. The van der Waals surface area contributed by atoms with E-state index in [1.54, 1.807) is 6.08 Å². The van der Waals surface area contributed by atoms with Crippen LogP contribution in [-0.4, -0.2) is 4.57 Å². The summed E-state index contributed by atoms with van der Waals surface area (Å²) in [5.41, 5.74) is 26.0. The number of para-hydroxylation sites is 1. The molecule has 0 aliphatic heterocycles. The molecule has 1 aliphatic rings. The molecule has 5 aromatic carbocycles. The molecule has 3 heteroatoms. The molecule has 0 radical (unpaired) electrons. The third kappa shape index (κ3) is 8.38. The van der Waals surface area contributed by atoms with Crippen molar-refractivity contribution >= 4 is 38.8 Å². The summed E-state index contributed by atoms with van der Waals surface area (Å²) < 4.78 is 2.34. The minimum Gasteiger partial charge on any atom is -0.399 e. The van der Waals surface area contributed by atoms with Gasteiger partial charge in [-0.15, -0.1) is 0 Å². The van der Waals surface area contributed by atoms with Crippen molar-refractivity contribution in [2.24, 2.45) is 0 Å². The Hall–Kier alpha value is -5.80. The number of benzene rings is 5. The van der Waals surface area contributed by atoms with E-state index in [9.17, 15) is 0 Å². The molecule has 0 amide bonds. The lowest BCUT2D eigenvalue weighted by Gasteiger charge is -2.21. The second-order valence-electron chi connectivity index (χ2n) is 13.0. The van der Waals surface area contributed by atoms with Gasteiger partial charge in [0.25, 0.3) is 0 Å². The van der Waals surface area contributed by atoms with E-state index in [1.165, 1.54) is 60.8 Å². The van der Waals surface area contributed by atoms with Crippen LogP contribution in [0, 0.1) is 0 Å². The van der Waals surface area contributed by atoms with E-state index in [-0.39, 0.29) is 5.41 Å². The molecule has 7 rings (SSSR count). The highest BCUT2D eigenvalue weighted by molar-refractivity contribution is 6.11. The number of nitrogen functional groups attached to an aromatic ring is 2. The van der Waals surface area contributed by atoms with Gasteiger partial charge in [0.2, 0.25) is 0 Å². The summed E-state index contributed by atoms with van der Waals surface area (Å²) in [6.45, 7) is 20.3. The topological polar surface area (TPSA) is 57.0 Å². The lowest BCUT2D eigenvalue weighted by atomic mass is 9.82. The van der Waals surface area contributed by atoms with Crippen molar-refractivity contribution < 1.29 is 0 Å². The first-order valence-electron chi connectivity index (χ1n) is 18.2. The van der Waals surface area contributed by atoms with Crippen molar-refractivity contribution in [3.8, 4) is 16.8 Å². The van der Waals surface area contributed by atoms with E-state index in [2.05, 4.69) is 110 Å². The van der Waals surface area contributed by atoms with Gasteiger partial charge in [-0.2, -0.15) is 0 Å². The Balaban J connectivity index is 0.000000219. The fourth-order valence-corrected chi connectivity index (χ4v) is 6.82. The van der Waals surface area contributed by atoms with Crippen LogP contribution in [-0.2, 0) is 5.41 Å². The molecule has 0 saturated carbocycles. The van der Waals surface area contributed by atoms with Crippen LogP contribution in [0.1, 0.15) is 72.1 Å². The van der Waals surface area contributed by atoms with E-state index in [0.717, 1.165) is 17.1 Å². The van der Waals surface area contributed by atoms with E-state index in [0.29, 0.717) is 0 Å². The van der Waals surface area contributed by atoms with Gasteiger partial charge in [0.1, 0.15) is 0 Å². The Bertz CT molecular complexity index is 2250. The summed E-state index contributed by atoms with van der Waals surface area (Å²) in [5, 5.41) is 2.57. The third-order valence-corrected chi connectivity index (χ3v) is 9.22. The minimum absolute atomic E-state index is 0.000491. The Morgan fingerprint density at radius 1 is 0.654 bits per heavy atom. The van der Waals surface area contributed by atoms with Crippen molar-refractivity contribution in [2.75, 3.05) is 11.5 Å². The molecule has 3 nitrogen and oxygen atoms in total. The summed E-state index contributed by atoms with van der Waals surface area (Å²) in [6, 6.07) is 38.3. The summed E-state index contributed by atoms with van der Waals surface area (Å²) in [5.74, 6) is 0. The smallest absolute Gasteiger partial charge is 0.0547 e. The molecule has 0 spiro atoms. The third-order valence-electron chi connectivity index (χ3n) is 9.22. The Kier molecular flexibility index (Phi) is 13.4. The van der Waals surface area contributed by atoms with Gasteiger partial charge in [-0.05, 0) is 110 Å². The highest BCUT2D eigenvalue weighted by Gasteiger charge is 2.36.